The Hall–Kier alpha value is -2.08. The third kappa shape index (κ3) is 2.78. The van der Waals surface area contributed by atoms with Gasteiger partial charge in [0.15, 0.2) is 10.8 Å². The summed E-state index contributed by atoms with van der Waals surface area (Å²) in [4.78, 5) is 16.6. The van der Waals surface area contributed by atoms with Crippen molar-refractivity contribution >= 4 is 22.9 Å². The van der Waals surface area contributed by atoms with E-state index in [0.717, 1.165) is 22.1 Å². The summed E-state index contributed by atoms with van der Waals surface area (Å²) >= 11 is 1.63. The van der Waals surface area contributed by atoms with Crippen LogP contribution >= 0.6 is 11.8 Å². The highest BCUT2D eigenvalue weighted by molar-refractivity contribution is 7.98. The molecule has 5 nitrogen and oxygen atoms in total. The summed E-state index contributed by atoms with van der Waals surface area (Å²) in [5, 5.41) is 0.843. The molecule has 0 amide bonds. The first-order chi connectivity index (χ1) is 10.6. The molecule has 0 aliphatic carbocycles. The molecule has 3 rings (SSSR count). The topological polar surface area (TPSA) is 63.7 Å². The average molecular weight is 314 g/mol. The third-order valence-corrected chi connectivity index (χ3v) is 4.74. The number of aromatic nitrogens is 4. The monoisotopic (exact) mass is 314 g/mol. The average Bonchev–Trinajstić information content (AvgIpc) is 2.93. The zero-order valence-electron chi connectivity index (χ0n) is 13.1. The second kappa shape index (κ2) is 5.96. The predicted octanol–water partition coefficient (Wildman–Crippen LogP) is 3.58. The van der Waals surface area contributed by atoms with E-state index >= 15 is 0 Å². The summed E-state index contributed by atoms with van der Waals surface area (Å²) in [6, 6.07) is 3.75. The van der Waals surface area contributed by atoms with Gasteiger partial charge in [-0.05, 0) is 43.5 Å². The Bertz CT molecular complexity index is 828. The highest BCUT2D eigenvalue weighted by atomic mass is 32.2. The third-order valence-electron chi connectivity index (χ3n) is 3.85. The minimum Gasteiger partial charge on any atom is -0.481 e. The van der Waals surface area contributed by atoms with E-state index in [4.69, 9.17) is 4.74 Å². The van der Waals surface area contributed by atoms with Gasteiger partial charge in [-0.3, -0.25) is 4.98 Å². The summed E-state index contributed by atoms with van der Waals surface area (Å²) in [5.74, 6) is 1.35. The number of hydrogen-bond acceptors (Lipinski definition) is 5. The highest BCUT2D eigenvalue weighted by Crippen LogP contribution is 2.25. The zero-order chi connectivity index (χ0) is 15.7. The lowest BCUT2D eigenvalue weighted by atomic mass is 10.1. The van der Waals surface area contributed by atoms with E-state index in [1.165, 1.54) is 16.7 Å². The van der Waals surface area contributed by atoms with Crippen LogP contribution in [-0.2, 0) is 5.75 Å². The van der Waals surface area contributed by atoms with Gasteiger partial charge in [0.05, 0.1) is 18.3 Å². The number of imidazole rings is 1. The molecule has 0 spiro atoms. The van der Waals surface area contributed by atoms with Crippen LogP contribution in [0.15, 0.2) is 23.5 Å². The van der Waals surface area contributed by atoms with Crippen molar-refractivity contribution in [2.24, 2.45) is 0 Å². The van der Waals surface area contributed by atoms with E-state index in [1.807, 2.05) is 18.3 Å². The van der Waals surface area contributed by atoms with Crippen LogP contribution in [0.1, 0.15) is 22.4 Å². The Morgan fingerprint density at radius 3 is 2.73 bits per heavy atom. The molecule has 0 saturated carbocycles. The van der Waals surface area contributed by atoms with E-state index in [1.54, 1.807) is 18.9 Å². The van der Waals surface area contributed by atoms with E-state index in [9.17, 15) is 0 Å². The lowest BCUT2D eigenvalue weighted by Crippen LogP contribution is -1.97. The fourth-order valence-electron chi connectivity index (χ4n) is 2.20. The van der Waals surface area contributed by atoms with Gasteiger partial charge in [-0.1, -0.05) is 11.8 Å². The molecule has 1 N–H and O–H groups in total. The first-order valence-electron chi connectivity index (χ1n) is 7.03. The van der Waals surface area contributed by atoms with Gasteiger partial charge in [0, 0.05) is 18.0 Å². The SMILES string of the molecule is COc1ccc2[nH]c(SCc3ncc(C)c(C)c3C)nc2n1. The second-order valence-electron chi connectivity index (χ2n) is 5.19. The maximum absolute atomic E-state index is 5.12. The van der Waals surface area contributed by atoms with Crippen LogP contribution in [0, 0.1) is 20.8 Å². The van der Waals surface area contributed by atoms with Gasteiger partial charge < -0.3 is 9.72 Å². The van der Waals surface area contributed by atoms with Crippen LogP contribution in [0.2, 0.25) is 0 Å². The Morgan fingerprint density at radius 1 is 1.14 bits per heavy atom. The molecule has 0 aromatic carbocycles. The Labute approximate surface area is 133 Å². The molecule has 0 radical (unpaired) electrons. The fraction of sp³-hybridized carbons (Fsp3) is 0.312. The number of H-pyrrole nitrogens is 1. The van der Waals surface area contributed by atoms with Crippen molar-refractivity contribution in [1.29, 1.82) is 0 Å². The molecule has 0 fully saturated rings. The maximum Gasteiger partial charge on any atom is 0.215 e. The number of methoxy groups -OCH3 is 1. The Balaban J connectivity index is 1.80. The number of thioether (sulfide) groups is 1. The molecular formula is C16H18N4OS. The van der Waals surface area contributed by atoms with Crippen molar-refractivity contribution in [3.63, 3.8) is 0 Å². The molecule has 3 aromatic rings. The maximum atomic E-state index is 5.12. The fourth-order valence-corrected chi connectivity index (χ4v) is 3.10. The number of fused-ring (bicyclic) bond motifs is 1. The van der Waals surface area contributed by atoms with Crippen molar-refractivity contribution in [2.75, 3.05) is 7.11 Å². The summed E-state index contributed by atoms with van der Waals surface area (Å²) in [6.07, 6.45) is 1.93. The quantitative estimate of drug-likeness (QED) is 0.746. The van der Waals surface area contributed by atoms with Crippen LogP contribution in [0.3, 0.4) is 0 Å². The molecular weight excluding hydrogens is 296 g/mol. The molecule has 3 aromatic heterocycles. The molecule has 0 aliphatic rings. The lowest BCUT2D eigenvalue weighted by molar-refractivity contribution is 0.399. The summed E-state index contributed by atoms with van der Waals surface area (Å²) in [5.41, 5.74) is 6.47. The van der Waals surface area contributed by atoms with Crippen LogP contribution < -0.4 is 4.74 Å². The van der Waals surface area contributed by atoms with Gasteiger partial charge in [-0.2, -0.15) is 4.98 Å². The molecule has 0 unspecified atom stereocenters. The number of rotatable bonds is 4. The van der Waals surface area contributed by atoms with Crippen molar-refractivity contribution in [2.45, 2.75) is 31.7 Å². The minimum absolute atomic E-state index is 0.572. The van der Waals surface area contributed by atoms with E-state index in [0.29, 0.717) is 11.5 Å². The second-order valence-corrected chi connectivity index (χ2v) is 6.16. The van der Waals surface area contributed by atoms with E-state index < -0.39 is 0 Å². The number of aryl methyl sites for hydroxylation is 1. The number of ether oxygens (including phenoxy) is 1. The first kappa shape index (κ1) is 14.8. The summed E-state index contributed by atoms with van der Waals surface area (Å²) in [7, 11) is 1.60. The summed E-state index contributed by atoms with van der Waals surface area (Å²) in [6.45, 7) is 6.35. The highest BCUT2D eigenvalue weighted by Gasteiger charge is 2.09. The number of nitrogens with zero attached hydrogens (tertiary/aromatic N) is 3. The molecule has 0 atom stereocenters. The first-order valence-corrected chi connectivity index (χ1v) is 8.02. The number of hydrogen-bond donors (Lipinski definition) is 1. The van der Waals surface area contributed by atoms with Crippen LogP contribution in [0.5, 0.6) is 5.88 Å². The predicted molar refractivity (Wildman–Crippen MR) is 88.4 cm³/mol. The van der Waals surface area contributed by atoms with Gasteiger partial charge >= 0.3 is 0 Å². The Kier molecular flexibility index (Phi) is 4.02. The molecule has 0 aliphatic heterocycles. The van der Waals surface area contributed by atoms with Gasteiger partial charge in [-0.15, -0.1) is 0 Å². The number of aromatic amines is 1. The normalized spacial score (nSPS) is 11.1. The van der Waals surface area contributed by atoms with Crippen molar-refractivity contribution in [3.8, 4) is 5.88 Å². The van der Waals surface area contributed by atoms with Crippen molar-refractivity contribution < 1.29 is 4.74 Å². The summed E-state index contributed by atoms with van der Waals surface area (Å²) < 4.78 is 5.12. The molecule has 6 heteroatoms. The zero-order valence-corrected chi connectivity index (χ0v) is 13.9. The van der Waals surface area contributed by atoms with Gasteiger partial charge in [0.25, 0.3) is 0 Å². The van der Waals surface area contributed by atoms with Crippen LogP contribution in [0.25, 0.3) is 11.2 Å². The molecule has 0 saturated heterocycles. The van der Waals surface area contributed by atoms with Crippen molar-refractivity contribution in [1.82, 2.24) is 19.9 Å². The lowest BCUT2D eigenvalue weighted by Gasteiger charge is -2.08. The van der Waals surface area contributed by atoms with E-state index in [2.05, 4.69) is 40.7 Å². The van der Waals surface area contributed by atoms with Crippen LogP contribution in [-0.4, -0.2) is 27.0 Å². The van der Waals surface area contributed by atoms with Crippen LogP contribution in [0.4, 0.5) is 0 Å². The Morgan fingerprint density at radius 2 is 1.95 bits per heavy atom. The number of nitrogens with one attached hydrogen (secondary N) is 1. The number of pyridine rings is 2. The van der Waals surface area contributed by atoms with E-state index in [-0.39, 0.29) is 0 Å². The van der Waals surface area contributed by atoms with Gasteiger partial charge in [-0.25, -0.2) is 4.98 Å². The molecule has 0 bridgehead atoms. The largest absolute Gasteiger partial charge is 0.481 e. The minimum atomic E-state index is 0.572. The standard InChI is InChI=1S/C16H18N4OS/c1-9-7-17-13(11(3)10(9)2)8-22-16-18-12-5-6-14(21-4)19-15(12)20-16/h5-7H,8H2,1-4H3,(H,18,19,20). The molecule has 114 valence electrons. The smallest absolute Gasteiger partial charge is 0.215 e. The van der Waals surface area contributed by atoms with Gasteiger partial charge in [0.1, 0.15) is 0 Å². The molecule has 3 heterocycles. The van der Waals surface area contributed by atoms with Gasteiger partial charge in [0.2, 0.25) is 5.88 Å². The van der Waals surface area contributed by atoms with Crippen molar-refractivity contribution in [3.05, 3.63) is 40.7 Å². The molecule has 22 heavy (non-hydrogen) atoms.